The van der Waals surface area contributed by atoms with Crippen LogP contribution in [0, 0.1) is 6.92 Å². The molecular formula is C8H12N2O2S. The van der Waals surface area contributed by atoms with Crippen LogP contribution in [0.4, 0.5) is 0 Å². The zero-order chi connectivity index (χ0) is 9.84. The standard InChI is InChI=1S/C8H12N2O2S/c1-5-3-7(10-12-5)4-13-6(2)8(9)11/h3,6H,4H2,1-2H3,(H2,9,11). The van der Waals surface area contributed by atoms with Crippen LogP contribution in [0.25, 0.3) is 0 Å². The Hall–Kier alpha value is -0.970. The summed E-state index contributed by atoms with van der Waals surface area (Å²) in [7, 11) is 0. The van der Waals surface area contributed by atoms with E-state index < -0.39 is 0 Å². The maximum atomic E-state index is 10.7. The molecule has 1 unspecified atom stereocenters. The number of nitrogens with zero attached hydrogens (tertiary/aromatic N) is 1. The van der Waals surface area contributed by atoms with Gasteiger partial charge in [0.15, 0.2) is 0 Å². The summed E-state index contributed by atoms with van der Waals surface area (Å²) < 4.78 is 4.88. The van der Waals surface area contributed by atoms with Gasteiger partial charge in [0.1, 0.15) is 5.76 Å². The lowest BCUT2D eigenvalue weighted by Gasteiger charge is -2.03. The Morgan fingerprint density at radius 2 is 2.54 bits per heavy atom. The van der Waals surface area contributed by atoms with Crippen molar-refractivity contribution < 1.29 is 9.32 Å². The lowest BCUT2D eigenvalue weighted by atomic mass is 10.4. The third-order valence-corrected chi connectivity index (χ3v) is 2.75. The van der Waals surface area contributed by atoms with Crippen molar-refractivity contribution in [2.24, 2.45) is 5.73 Å². The largest absolute Gasteiger partial charge is 0.369 e. The number of thioether (sulfide) groups is 1. The molecule has 0 aliphatic rings. The van der Waals surface area contributed by atoms with Gasteiger partial charge in [-0.25, -0.2) is 0 Å². The second-order valence-corrected chi connectivity index (χ2v) is 4.11. The molecule has 2 N–H and O–H groups in total. The Labute approximate surface area is 80.8 Å². The first kappa shape index (κ1) is 10.1. The summed E-state index contributed by atoms with van der Waals surface area (Å²) >= 11 is 1.45. The van der Waals surface area contributed by atoms with Gasteiger partial charge in [0, 0.05) is 11.8 Å². The van der Waals surface area contributed by atoms with Gasteiger partial charge < -0.3 is 10.3 Å². The minimum Gasteiger partial charge on any atom is -0.369 e. The van der Waals surface area contributed by atoms with E-state index in [0.717, 1.165) is 11.5 Å². The fourth-order valence-electron chi connectivity index (χ4n) is 0.778. The number of carbonyl (C=O) groups is 1. The van der Waals surface area contributed by atoms with Crippen LogP contribution in [0.1, 0.15) is 18.4 Å². The quantitative estimate of drug-likeness (QED) is 0.789. The Morgan fingerprint density at radius 1 is 1.85 bits per heavy atom. The number of aromatic nitrogens is 1. The highest BCUT2D eigenvalue weighted by Gasteiger charge is 2.10. The number of primary amides is 1. The maximum Gasteiger partial charge on any atom is 0.230 e. The van der Waals surface area contributed by atoms with E-state index in [9.17, 15) is 4.79 Å². The fourth-order valence-corrected chi connectivity index (χ4v) is 1.50. The van der Waals surface area contributed by atoms with Gasteiger partial charge in [-0.3, -0.25) is 4.79 Å². The SMILES string of the molecule is Cc1cc(CSC(C)C(N)=O)no1. The molecule has 72 valence electrons. The predicted molar refractivity (Wildman–Crippen MR) is 51.2 cm³/mol. The first-order chi connectivity index (χ1) is 6.09. The van der Waals surface area contributed by atoms with Crippen molar-refractivity contribution >= 4 is 17.7 Å². The third-order valence-electron chi connectivity index (χ3n) is 1.56. The lowest BCUT2D eigenvalue weighted by Crippen LogP contribution is -2.22. The molecule has 0 aromatic carbocycles. The average Bonchev–Trinajstić information content (AvgIpc) is 2.47. The monoisotopic (exact) mass is 200 g/mol. The molecule has 0 spiro atoms. The molecular weight excluding hydrogens is 188 g/mol. The van der Waals surface area contributed by atoms with Gasteiger partial charge in [0.2, 0.25) is 5.91 Å². The number of rotatable bonds is 4. The molecule has 1 aromatic rings. The molecule has 13 heavy (non-hydrogen) atoms. The van der Waals surface area contributed by atoms with Gasteiger partial charge >= 0.3 is 0 Å². The topological polar surface area (TPSA) is 69.1 Å². The molecule has 0 saturated heterocycles. The zero-order valence-corrected chi connectivity index (χ0v) is 8.43. The number of hydrogen-bond donors (Lipinski definition) is 1. The van der Waals surface area contributed by atoms with Crippen LogP contribution in [0.2, 0.25) is 0 Å². The molecule has 0 fully saturated rings. The second-order valence-electron chi connectivity index (χ2n) is 2.78. The van der Waals surface area contributed by atoms with Crippen LogP contribution in [0.15, 0.2) is 10.6 Å². The zero-order valence-electron chi connectivity index (χ0n) is 7.61. The van der Waals surface area contributed by atoms with Crippen LogP contribution < -0.4 is 5.73 Å². The van der Waals surface area contributed by atoms with Crippen LogP contribution in [-0.2, 0) is 10.5 Å². The molecule has 1 heterocycles. The minimum atomic E-state index is -0.301. The number of hydrogen-bond acceptors (Lipinski definition) is 4. The van der Waals surface area contributed by atoms with Crippen LogP contribution in [-0.4, -0.2) is 16.3 Å². The Balaban J connectivity index is 2.39. The third kappa shape index (κ3) is 3.10. The normalized spacial score (nSPS) is 12.8. The lowest BCUT2D eigenvalue weighted by molar-refractivity contribution is -0.117. The second kappa shape index (κ2) is 4.32. The summed E-state index contributed by atoms with van der Waals surface area (Å²) in [5.74, 6) is 1.13. The Kier molecular flexibility index (Phi) is 3.36. The smallest absolute Gasteiger partial charge is 0.230 e. The molecule has 0 radical (unpaired) electrons. The summed E-state index contributed by atoms with van der Waals surface area (Å²) in [6.45, 7) is 3.61. The minimum absolute atomic E-state index is 0.183. The van der Waals surface area contributed by atoms with Crippen LogP contribution >= 0.6 is 11.8 Å². The molecule has 1 rings (SSSR count). The molecule has 0 aliphatic heterocycles. The van der Waals surface area contributed by atoms with Gasteiger partial charge in [-0.2, -0.15) is 0 Å². The molecule has 0 bridgehead atoms. The van der Waals surface area contributed by atoms with Crippen molar-refractivity contribution in [2.75, 3.05) is 0 Å². The van der Waals surface area contributed by atoms with Crippen molar-refractivity contribution in [1.82, 2.24) is 5.16 Å². The van der Waals surface area contributed by atoms with Crippen LogP contribution in [0.3, 0.4) is 0 Å². The van der Waals surface area contributed by atoms with E-state index in [-0.39, 0.29) is 11.2 Å². The first-order valence-corrected chi connectivity index (χ1v) is 4.97. The van der Waals surface area contributed by atoms with E-state index in [1.54, 1.807) is 6.92 Å². The Morgan fingerprint density at radius 3 is 3.00 bits per heavy atom. The number of carbonyl (C=O) groups excluding carboxylic acids is 1. The summed E-state index contributed by atoms with van der Waals surface area (Å²) in [6, 6.07) is 1.85. The van der Waals surface area contributed by atoms with Gasteiger partial charge in [-0.15, -0.1) is 11.8 Å². The number of aryl methyl sites for hydroxylation is 1. The van der Waals surface area contributed by atoms with E-state index in [0.29, 0.717) is 5.75 Å². The molecule has 1 aromatic heterocycles. The first-order valence-electron chi connectivity index (χ1n) is 3.92. The van der Waals surface area contributed by atoms with Crippen molar-refractivity contribution in [3.63, 3.8) is 0 Å². The summed E-state index contributed by atoms with van der Waals surface area (Å²) in [5.41, 5.74) is 5.94. The van der Waals surface area contributed by atoms with Gasteiger partial charge in [0.05, 0.1) is 10.9 Å². The summed E-state index contributed by atoms with van der Waals surface area (Å²) in [5, 5.41) is 3.62. The molecule has 1 atom stereocenters. The van der Waals surface area contributed by atoms with Crippen molar-refractivity contribution in [2.45, 2.75) is 24.9 Å². The van der Waals surface area contributed by atoms with Gasteiger partial charge in [-0.1, -0.05) is 5.16 Å². The molecule has 0 aliphatic carbocycles. The van der Waals surface area contributed by atoms with Crippen molar-refractivity contribution in [1.29, 1.82) is 0 Å². The van der Waals surface area contributed by atoms with E-state index in [1.165, 1.54) is 11.8 Å². The molecule has 0 saturated carbocycles. The van der Waals surface area contributed by atoms with Gasteiger partial charge in [0.25, 0.3) is 0 Å². The van der Waals surface area contributed by atoms with Crippen molar-refractivity contribution in [3.8, 4) is 0 Å². The highest BCUT2D eigenvalue weighted by Crippen LogP contribution is 2.16. The Bertz CT molecular complexity index is 298. The highest BCUT2D eigenvalue weighted by atomic mass is 32.2. The fraction of sp³-hybridized carbons (Fsp3) is 0.500. The molecule has 5 heteroatoms. The van der Waals surface area contributed by atoms with Crippen molar-refractivity contribution in [3.05, 3.63) is 17.5 Å². The average molecular weight is 200 g/mol. The van der Waals surface area contributed by atoms with E-state index in [4.69, 9.17) is 10.3 Å². The number of nitrogens with two attached hydrogens (primary N) is 1. The van der Waals surface area contributed by atoms with Crippen LogP contribution in [0.5, 0.6) is 0 Å². The number of amides is 1. The maximum absolute atomic E-state index is 10.7. The van der Waals surface area contributed by atoms with Gasteiger partial charge in [-0.05, 0) is 13.8 Å². The summed E-state index contributed by atoms with van der Waals surface area (Å²) in [6.07, 6.45) is 0. The van der Waals surface area contributed by atoms with E-state index in [2.05, 4.69) is 5.16 Å². The predicted octanol–water partition coefficient (Wildman–Crippen LogP) is 1.09. The molecule has 1 amide bonds. The molecule has 4 nitrogen and oxygen atoms in total. The summed E-state index contributed by atoms with van der Waals surface area (Å²) in [4.78, 5) is 10.7. The highest BCUT2D eigenvalue weighted by molar-refractivity contribution is 7.99. The van der Waals surface area contributed by atoms with E-state index >= 15 is 0 Å². The van der Waals surface area contributed by atoms with E-state index in [1.807, 2.05) is 13.0 Å².